The predicted molar refractivity (Wildman–Crippen MR) is 138 cm³/mol. The van der Waals surface area contributed by atoms with Crippen molar-refractivity contribution in [2.45, 2.75) is 45.8 Å². The molecule has 0 aromatic heterocycles. The van der Waals surface area contributed by atoms with E-state index in [0.29, 0.717) is 0 Å². The zero-order valence-electron chi connectivity index (χ0n) is 22.5. The fourth-order valence-electron chi connectivity index (χ4n) is 2.75. The van der Waals surface area contributed by atoms with E-state index in [1.807, 2.05) is 30.3 Å². The summed E-state index contributed by atoms with van der Waals surface area (Å²) < 4.78 is 26.1. The van der Waals surface area contributed by atoms with Crippen molar-refractivity contribution < 1.29 is 42.9 Å². The van der Waals surface area contributed by atoms with Gasteiger partial charge in [-0.05, 0) is 26.3 Å². The van der Waals surface area contributed by atoms with Gasteiger partial charge in [0.2, 0.25) is 11.8 Å². The zero-order valence-corrected chi connectivity index (χ0v) is 22.5. The molecule has 38 heavy (non-hydrogen) atoms. The molecule has 0 radical (unpaired) electrons. The monoisotopic (exact) mass is 539 g/mol. The van der Waals surface area contributed by atoms with Crippen molar-refractivity contribution in [3.63, 3.8) is 0 Å². The highest BCUT2D eigenvalue weighted by atomic mass is 16.6. The van der Waals surface area contributed by atoms with Gasteiger partial charge in [-0.3, -0.25) is 14.4 Å². The quantitative estimate of drug-likeness (QED) is 0.175. The largest absolute Gasteiger partial charge is 0.460 e. The van der Waals surface area contributed by atoms with Crippen LogP contribution in [0.1, 0.15) is 39.2 Å². The van der Waals surface area contributed by atoms with Gasteiger partial charge < -0.3 is 39.6 Å². The highest BCUT2D eigenvalue weighted by Crippen LogP contribution is 2.08. The zero-order chi connectivity index (χ0) is 28.1. The Morgan fingerprint density at radius 1 is 0.711 bits per heavy atom. The molecule has 0 atom stereocenters. The van der Waals surface area contributed by atoms with E-state index < -0.39 is 11.7 Å². The summed E-state index contributed by atoms with van der Waals surface area (Å²) in [6.45, 7) is 7.37. The normalized spacial score (nSPS) is 10.9. The molecule has 0 unspecified atom stereocenters. The molecule has 0 saturated carbocycles. The lowest BCUT2D eigenvalue weighted by atomic mass is 10.2. The number of alkyl carbamates (subject to hydrolysis) is 1. The van der Waals surface area contributed by atoms with Gasteiger partial charge in [0, 0.05) is 26.1 Å². The van der Waals surface area contributed by atoms with Crippen molar-refractivity contribution in [2.24, 2.45) is 0 Å². The van der Waals surface area contributed by atoms with E-state index in [9.17, 15) is 19.2 Å². The fourth-order valence-corrected chi connectivity index (χ4v) is 2.75. The summed E-state index contributed by atoms with van der Waals surface area (Å²) in [5, 5.41) is 7.87. The Morgan fingerprint density at radius 3 is 1.95 bits per heavy atom. The third kappa shape index (κ3) is 19.9. The van der Waals surface area contributed by atoms with Gasteiger partial charge >= 0.3 is 12.1 Å². The molecule has 1 rings (SSSR count). The molecule has 0 aliphatic heterocycles. The van der Waals surface area contributed by atoms with Gasteiger partial charge in [0.1, 0.15) is 18.8 Å². The molecule has 0 fully saturated rings. The molecule has 214 valence electrons. The minimum Gasteiger partial charge on any atom is -0.460 e. The number of esters is 1. The molecule has 12 heteroatoms. The van der Waals surface area contributed by atoms with Crippen LogP contribution in [-0.2, 0) is 44.7 Å². The first-order valence-electron chi connectivity index (χ1n) is 12.6. The van der Waals surface area contributed by atoms with Crippen LogP contribution in [0.15, 0.2) is 30.3 Å². The molecule has 1 aromatic rings. The number of amides is 3. The van der Waals surface area contributed by atoms with Gasteiger partial charge in [-0.25, -0.2) is 4.79 Å². The lowest BCUT2D eigenvalue weighted by Gasteiger charge is -2.19. The Morgan fingerprint density at radius 2 is 1.29 bits per heavy atom. The van der Waals surface area contributed by atoms with Crippen LogP contribution < -0.4 is 16.0 Å². The number of ether oxygens (including phenoxy) is 5. The summed E-state index contributed by atoms with van der Waals surface area (Å²) in [4.78, 5) is 46.6. The van der Waals surface area contributed by atoms with Gasteiger partial charge in [0.05, 0.1) is 39.5 Å². The number of nitrogens with one attached hydrogen (secondary N) is 3. The Hall–Kier alpha value is -3.22. The first-order chi connectivity index (χ1) is 18.2. The van der Waals surface area contributed by atoms with Crippen LogP contribution in [0.4, 0.5) is 4.79 Å². The maximum Gasteiger partial charge on any atom is 0.407 e. The second-order valence-corrected chi connectivity index (χ2v) is 9.05. The van der Waals surface area contributed by atoms with E-state index in [0.717, 1.165) is 5.56 Å². The van der Waals surface area contributed by atoms with E-state index in [2.05, 4.69) is 16.0 Å². The SMILES string of the molecule is CC(C)(C)OC(=O)CCOCCNC(=O)COCCNC(=O)CCOCCNC(=O)OCc1ccccc1. The van der Waals surface area contributed by atoms with Crippen LogP contribution >= 0.6 is 0 Å². The maximum atomic E-state index is 11.8. The first kappa shape index (κ1) is 32.8. The van der Waals surface area contributed by atoms with Crippen molar-refractivity contribution >= 4 is 23.9 Å². The lowest BCUT2D eigenvalue weighted by molar-refractivity contribution is -0.156. The molecular formula is C26H41N3O9. The van der Waals surface area contributed by atoms with Crippen LogP contribution in [0, 0.1) is 0 Å². The van der Waals surface area contributed by atoms with E-state index in [4.69, 9.17) is 23.7 Å². The van der Waals surface area contributed by atoms with Crippen LogP contribution in [0.5, 0.6) is 0 Å². The van der Waals surface area contributed by atoms with Gasteiger partial charge in [-0.1, -0.05) is 30.3 Å². The topological polar surface area (TPSA) is 151 Å². The molecule has 0 spiro atoms. The summed E-state index contributed by atoms with van der Waals surface area (Å²) in [7, 11) is 0. The Bertz CT molecular complexity index is 829. The molecule has 3 amide bonds. The minimum absolute atomic E-state index is 0.141. The van der Waals surface area contributed by atoms with Crippen molar-refractivity contribution in [3.05, 3.63) is 35.9 Å². The smallest absolute Gasteiger partial charge is 0.407 e. The van der Waals surface area contributed by atoms with Gasteiger partial charge in [-0.2, -0.15) is 0 Å². The van der Waals surface area contributed by atoms with Crippen LogP contribution in [0.25, 0.3) is 0 Å². The number of rotatable bonds is 19. The fraction of sp³-hybridized carbons (Fsp3) is 0.615. The summed E-state index contributed by atoms with van der Waals surface area (Å²) in [5.41, 5.74) is 0.372. The van der Waals surface area contributed by atoms with Crippen molar-refractivity contribution in [2.75, 3.05) is 59.3 Å². The van der Waals surface area contributed by atoms with Crippen molar-refractivity contribution in [3.8, 4) is 0 Å². The Balaban J connectivity index is 1.87. The number of hydrogen-bond donors (Lipinski definition) is 3. The summed E-state index contributed by atoms with van der Waals surface area (Å²) in [6.07, 6.45) is -0.227. The summed E-state index contributed by atoms with van der Waals surface area (Å²) >= 11 is 0. The second kappa shape index (κ2) is 19.8. The highest BCUT2D eigenvalue weighted by molar-refractivity contribution is 5.77. The van der Waals surface area contributed by atoms with E-state index >= 15 is 0 Å². The highest BCUT2D eigenvalue weighted by Gasteiger charge is 2.15. The van der Waals surface area contributed by atoms with E-state index in [1.54, 1.807) is 20.8 Å². The Kier molecular flexibility index (Phi) is 17.1. The Labute approximate surface area is 224 Å². The van der Waals surface area contributed by atoms with E-state index in [1.165, 1.54) is 0 Å². The summed E-state index contributed by atoms with van der Waals surface area (Å²) in [5.74, 6) is -0.851. The molecular weight excluding hydrogens is 498 g/mol. The predicted octanol–water partition coefficient (Wildman–Crippen LogP) is 1.32. The average molecular weight is 540 g/mol. The third-order valence-electron chi connectivity index (χ3n) is 4.44. The van der Waals surface area contributed by atoms with Gasteiger partial charge in [0.25, 0.3) is 0 Å². The number of carbonyl (C=O) groups is 4. The third-order valence-corrected chi connectivity index (χ3v) is 4.44. The minimum atomic E-state index is -0.535. The molecule has 0 aliphatic rings. The molecule has 0 aliphatic carbocycles. The van der Waals surface area contributed by atoms with Gasteiger partial charge in [0.15, 0.2) is 0 Å². The van der Waals surface area contributed by atoms with E-state index in [-0.39, 0.29) is 96.5 Å². The molecule has 0 heterocycles. The van der Waals surface area contributed by atoms with Crippen molar-refractivity contribution in [1.82, 2.24) is 16.0 Å². The molecule has 1 aromatic carbocycles. The lowest BCUT2D eigenvalue weighted by Crippen LogP contribution is -2.33. The van der Waals surface area contributed by atoms with Crippen LogP contribution in [0.3, 0.4) is 0 Å². The molecule has 0 bridgehead atoms. The maximum absolute atomic E-state index is 11.8. The van der Waals surface area contributed by atoms with Crippen molar-refractivity contribution in [1.29, 1.82) is 0 Å². The van der Waals surface area contributed by atoms with Crippen LogP contribution in [-0.4, -0.2) is 88.8 Å². The first-order valence-corrected chi connectivity index (χ1v) is 12.6. The number of benzene rings is 1. The van der Waals surface area contributed by atoms with Gasteiger partial charge in [-0.15, -0.1) is 0 Å². The van der Waals surface area contributed by atoms with Crippen LogP contribution in [0.2, 0.25) is 0 Å². The molecule has 3 N–H and O–H groups in total. The molecule has 12 nitrogen and oxygen atoms in total. The standard InChI is InChI=1S/C26H41N3O9/c1-26(2,3)38-24(32)10-15-35-16-11-28-23(31)20-36-18-12-27-22(30)9-14-34-17-13-29-25(33)37-19-21-7-5-4-6-8-21/h4-8H,9-20H2,1-3H3,(H,27,30)(H,28,31)(H,29,33). The number of carbonyl (C=O) groups excluding carboxylic acids is 4. The summed E-state index contributed by atoms with van der Waals surface area (Å²) in [6, 6.07) is 9.35. The number of hydrogen-bond acceptors (Lipinski definition) is 9. The average Bonchev–Trinajstić information content (AvgIpc) is 2.86. The molecule has 0 saturated heterocycles. The second-order valence-electron chi connectivity index (χ2n) is 9.05.